The Morgan fingerprint density at radius 2 is 2.24 bits per heavy atom. The molecule has 2 rings (SSSR count). The number of nitrogens with one attached hydrogen (secondary N) is 2. The smallest absolute Gasteiger partial charge is 0.414 e. The molecule has 10 nitrogen and oxygen atoms in total. The highest BCUT2D eigenvalue weighted by molar-refractivity contribution is 7.90. The highest BCUT2D eigenvalue weighted by atomic mass is 32.2. The van der Waals surface area contributed by atoms with E-state index in [1.165, 1.54) is 10.9 Å². The third-order valence-electron chi connectivity index (χ3n) is 2.48. The number of sulfone groups is 1. The largest absolute Gasteiger partial charge is 0.448 e. The molecule has 11 heteroatoms. The normalized spacial score (nSPS) is 11.5. The number of aromatic nitrogens is 4. The number of imidazole rings is 1. The minimum absolute atomic E-state index is 0.111. The fourth-order valence-corrected chi connectivity index (χ4v) is 1.88. The van der Waals surface area contributed by atoms with E-state index >= 15 is 0 Å². The number of anilines is 1. The van der Waals surface area contributed by atoms with Crippen molar-refractivity contribution in [1.29, 1.82) is 0 Å². The number of fused-ring (bicyclic) bond motifs is 1. The summed E-state index contributed by atoms with van der Waals surface area (Å²) in [5.74, 6) is -0.397. The molecule has 0 atom stereocenters. The lowest BCUT2D eigenvalue weighted by Gasteiger charge is -2.05. The Bertz CT molecular complexity index is 837. The monoisotopic (exact) mass is 315 g/mol. The summed E-state index contributed by atoms with van der Waals surface area (Å²) in [4.78, 5) is 33.3. The van der Waals surface area contributed by atoms with Crippen LogP contribution in [-0.2, 0) is 21.6 Å². The van der Waals surface area contributed by atoms with E-state index in [1.807, 2.05) is 0 Å². The first kappa shape index (κ1) is 15.0. The molecule has 21 heavy (non-hydrogen) atoms. The zero-order valence-corrected chi connectivity index (χ0v) is 12.1. The van der Waals surface area contributed by atoms with Crippen molar-refractivity contribution in [3.05, 3.63) is 16.7 Å². The van der Waals surface area contributed by atoms with Crippen LogP contribution in [0.3, 0.4) is 0 Å². The maximum atomic E-state index is 11.7. The second kappa shape index (κ2) is 5.52. The number of carbonyl (C=O) groups is 1. The molecular weight excluding hydrogens is 302 g/mol. The summed E-state index contributed by atoms with van der Waals surface area (Å²) in [6.45, 7) is -0.289. The first-order valence-electron chi connectivity index (χ1n) is 5.79. The van der Waals surface area contributed by atoms with Crippen molar-refractivity contribution in [1.82, 2.24) is 19.5 Å². The molecule has 2 aromatic rings. The number of hydrogen-bond acceptors (Lipinski definition) is 7. The minimum Gasteiger partial charge on any atom is -0.448 e. The second-order valence-electron chi connectivity index (χ2n) is 4.33. The summed E-state index contributed by atoms with van der Waals surface area (Å²) in [7, 11) is -1.57. The Kier molecular flexibility index (Phi) is 3.93. The predicted molar refractivity (Wildman–Crippen MR) is 73.8 cm³/mol. The van der Waals surface area contributed by atoms with E-state index in [4.69, 9.17) is 0 Å². The summed E-state index contributed by atoms with van der Waals surface area (Å²) >= 11 is 0. The summed E-state index contributed by atoms with van der Waals surface area (Å²) in [6.07, 6.45) is 1.54. The molecule has 114 valence electrons. The van der Waals surface area contributed by atoms with Gasteiger partial charge in [0, 0.05) is 13.3 Å². The van der Waals surface area contributed by atoms with Crippen molar-refractivity contribution in [2.24, 2.45) is 7.05 Å². The number of aryl methyl sites for hydroxylation is 1. The van der Waals surface area contributed by atoms with Gasteiger partial charge in [-0.25, -0.2) is 18.2 Å². The van der Waals surface area contributed by atoms with Crippen LogP contribution in [0.15, 0.2) is 11.1 Å². The molecule has 0 aliphatic heterocycles. The predicted octanol–water partition coefficient (Wildman–Crippen LogP) is -0.750. The van der Waals surface area contributed by atoms with Gasteiger partial charge in [0.25, 0.3) is 5.56 Å². The molecule has 0 radical (unpaired) electrons. The van der Waals surface area contributed by atoms with Gasteiger partial charge in [-0.05, 0) is 0 Å². The van der Waals surface area contributed by atoms with Gasteiger partial charge in [-0.1, -0.05) is 0 Å². The van der Waals surface area contributed by atoms with Gasteiger partial charge in [-0.15, -0.1) is 0 Å². The second-order valence-corrected chi connectivity index (χ2v) is 6.59. The van der Waals surface area contributed by atoms with Gasteiger partial charge < -0.3 is 9.30 Å². The zero-order valence-electron chi connectivity index (χ0n) is 11.3. The van der Waals surface area contributed by atoms with Crippen LogP contribution in [0.1, 0.15) is 0 Å². The fraction of sp³-hybridized carbons (Fsp3) is 0.400. The summed E-state index contributed by atoms with van der Waals surface area (Å²) in [5, 5.41) is 2.21. The highest BCUT2D eigenvalue weighted by Gasteiger charge is 2.12. The van der Waals surface area contributed by atoms with Crippen LogP contribution in [0.25, 0.3) is 11.2 Å². The van der Waals surface area contributed by atoms with Gasteiger partial charge in [-0.3, -0.25) is 15.1 Å². The van der Waals surface area contributed by atoms with Crippen molar-refractivity contribution in [2.75, 3.05) is 23.9 Å². The molecule has 1 amide bonds. The molecule has 0 aromatic carbocycles. The number of amides is 1. The lowest BCUT2D eigenvalue weighted by Crippen LogP contribution is -2.22. The SMILES string of the molecule is Cn1cnc2c(=O)[nH]c(NC(=O)OCCS(C)(=O)=O)nc21. The number of hydrogen-bond donors (Lipinski definition) is 2. The molecular formula is C10H13N5O5S. The van der Waals surface area contributed by atoms with E-state index in [0.29, 0.717) is 5.65 Å². The number of aromatic amines is 1. The topological polar surface area (TPSA) is 136 Å². The van der Waals surface area contributed by atoms with Gasteiger partial charge in [0.15, 0.2) is 21.0 Å². The molecule has 2 N–H and O–H groups in total. The average molecular weight is 315 g/mol. The fourth-order valence-electron chi connectivity index (χ4n) is 1.49. The maximum Gasteiger partial charge on any atom is 0.414 e. The van der Waals surface area contributed by atoms with Crippen LogP contribution in [0.5, 0.6) is 0 Å². The van der Waals surface area contributed by atoms with Crippen LogP contribution >= 0.6 is 0 Å². The first-order valence-corrected chi connectivity index (χ1v) is 7.85. The van der Waals surface area contributed by atoms with Gasteiger partial charge in [0.05, 0.1) is 12.1 Å². The molecule has 2 aromatic heterocycles. The lowest BCUT2D eigenvalue weighted by atomic mass is 10.5. The molecule has 0 fully saturated rings. The molecule has 0 unspecified atom stereocenters. The van der Waals surface area contributed by atoms with E-state index in [1.54, 1.807) is 7.05 Å². The van der Waals surface area contributed by atoms with Gasteiger partial charge in [0.1, 0.15) is 6.61 Å². The minimum atomic E-state index is -3.22. The molecule has 2 heterocycles. The van der Waals surface area contributed by atoms with Crippen molar-refractivity contribution < 1.29 is 17.9 Å². The molecule has 0 saturated heterocycles. The maximum absolute atomic E-state index is 11.7. The Morgan fingerprint density at radius 1 is 1.52 bits per heavy atom. The third kappa shape index (κ3) is 3.78. The molecule has 0 aliphatic carbocycles. The number of nitrogens with zero attached hydrogens (tertiary/aromatic N) is 3. The Hall–Kier alpha value is -2.43. The van der Waals surface area contributed by atoms with Gasteiger partial charge in [-0.2, -0.15) is 4.98 Å². The number of ether oxygens (including phenoxy) is 1. The lowest BCUT2D eigenvalue weighted by molar-refractivity contribution is 0.168. The molecule has 0 aliphatic rings. The van der Waals surface area contributed by atoms with E-state index in [-0.39, 0.29) is 23.8 Å². The van der Waals surface area contributed by atoms with Crippen molar-refractivity contribution >= 4 is 33.0 Å². The Balaban J connectivity index is 2.07. The number of rotatable bonds is 4. The first-order chi connectivity index (χ1) is 9.76. The van der Waals surface area contributed by atoms with E-state index in [2.05, 4.69) is 25.0 Å². The van der Waals surface area contributed by atoms with Crippen LogP contribution in [0, 0.1) is 0 Å². The van der Waals surface area contributed by atoms with Crippen LogP contribution in [0.4, 0.5) is 10.7 Å². The van der Waals surface area contributed by atoms with Crippen molar-refractivity contribution in [3.63, 3.8) is 0 Å². The molecule has 0 saturated carbocycles. The summed E-state index contributed by atoms with van der Waals surface area (Å²) in [6, 6.07) is 0. The van der Waals surface area contributed by atoms with E-state index < -0.39 is 21.5 Å². The van der Waals surface area contributed by atoms with E-state index in [9.17, 15) is 18.0 Å². The van der Waals surface area contributed by atoms with Gasteiger partial charge in [0.2, 0.25) is 5.95 Å². The van der Waals surface area contributed by atoms with Crippen molar-refractivity contribution in [3.8, 4) is 0 Å². The van der Waals surface area contributed by atoms with Crippen molar-refractivity contribution in [2.45, 2.75) is 0 Å². The Labute approximate surface area is 119 Å². The zero-order chi connectivity index (χ0) is 15.6. The van der Waals surface area contributed by atoms with E-state index in [0.717, 1.165) is 6.26 Å². The van der Waals surface area contributed by atoms with Crippen LogP contribution in [-0.4, -0.2) is 52.6 Å². The number of H-pyrrole nitrogens is 1. The molecule has 0 bridgehead atoms. The van der Waals surface area contributed by atoms with Gasteiger partial charge >= 0.3 is 6.09 Å². The number of carbonyl (C=O) groups excluding carboxylic acids is 1. The average Bonchev–Trinajstić information content (AvgIpc) is 2.70. The van der Waals surface area contributed by atoms with Crippen LogP contribution < -0.4 is 10.9 Å². The summed E-state index contributed by atoms with van der Waals surface area (Å²) in [5.41, 5.74) is -0.0642. The van der Waals surface area contributed by atoms with Crippen LogP contribution in [0.2, 0.25) is 0 Å². The summed E-state index contributed by atoms with van der Waals surface area (Å²) < 4.78 is 28.0. The highest BCUT2D eigenvalue weighted by Crippen LogP contribution is 2.06. The standard InChI is InChI=1S/C10H13N5O5S/c1-15-5-11-6-7(15)12-9(13-8(6)16)14-10(17)20-3-4-21(2,18)19/h5H,3-4H2,1-2H3,(H2,12,13,14,16,17). The third-order valence-corrected chi connectivity index (χ3v) is 3.39. The Morgan fingerprint density at radius 3 is 2.90 bits per heavy atom. The molecule has 0 spiro atoms. The quantitative estimate of drug-likeness (QED) is 0.757.